The van der Waals surface area contributed by atoms with Gasteiger partial charge in [-0.2, -0.15) is 5.26 Å². The number of nitriles is 1. The molecule has 0 spiro atoms. The molecule has 0 atom stereocenters. The van der Waals surface area contributed by atoms with E-state index in [-0.39, 0.29) is 11.3 Å². The van der Waals surface area contributed by atoms with Crippen LogP contribution in [0.1, 0.15) is 12.5 Å². The van der Waals surface area contributed by atoms with Gasteiger partial charge in [0, 0.05) is 5.69 Å². The third-order valence-electron chi connectivity index (χ3n) is 3.43. The van der Waals surface area contributed by atoms with Crippen LogP contribution in [0.3, 0.4) is 0 Å². The monoisotopic (exact) mass is 364 g/mol. The van der Waals surface area contributed by atoms with Crippen molar-refractivity contribution in [2.45, 2.75) is 6.92 Å². The molecule has 2 rings (SSSR count). The normalized spacial score (nSPS) is 10.6. The van der Waals surface area contributed by atoms with Crippen LogP contribution in [0, 0.1) is 11.3 Å². The first-order chi connectivity index (χ1) is 13.1. The maximum Gasteiger partial charge on any atom is 0.266 e. The minimum absolute atomic E-state index is 0.0646. The van der Waals surface area contributed by atoms with Gasteiger partial charge in [0.2, 0.25) is 0 Å². The highest BCUT2D eigenvalue weighted by Crippen LogP contribution is 2.29. The highest BCUT2D eigenvalue weighted by atomic mass is 16.5. The average molecular weight is 364 g/mol. The molecule has 0 radical (unpaired) electrons. The Morgan fingerprint density at radius 2 is 1.96 bits per heavy atom. The van der Waals surface area contributed by atoms with Gasteiger partial charge >= 0.3 is 0 Å². The van der Waals surface area contributed by atoms with E-state index < -0.39 is 5.91 Å². The largest absolute Gasteiger partial charge is 0.508 e. The highest BCUT2D eigenvalue weighted by Gasteiger charge is 2.11. The zero-order chi connectivity index (χ0) is 19.6. The van der Waals surface area contributed by atoms with Crippen molar-refractivity contribution in [2.24, 2.45) is 0 Å². The molecule has 6 nitrogen and oxygen atoms in total. The molecule has 2 aromatic carbocycles. The number of phenols is 1. The van der Waals surface area contributed by atoms with E-state index in [2.05, 4.69) is 11.9 Å². The summed E-state index contributed by atoms with van der Waals surface area (Å²) < 4.78 is 11.1. The molecule has 0 aliphatic heterocycles. The molecule has 0 fully saturated rings. The fraction of sp³-hybridized carbons (Fsp3) is 0.143. The average Bonchev–Trinajstić information content (AvgIpc) is 2.67. The van der Waals surface area contributed by atoms with E-state index in [0.29, 0.717) is 36.0 Å². The molecule has 0 unspecified atom stereocenters. The van der Waals surface area contributed by atoms with E-state index in [9.17, 15) is 15.2 Å². The van der Waals surface area contributed by atoms with Crippen LogP contribution in [0.15, 0.2) is 60.7 Å². The summed E-state index contributed by atoms with van der Waals surface area (Å²) in [5, 5.41) is 21.2. The Balaban J connectivity index is 2.23. The van der Waals surface area contributed by atoms with E-state index >= 15 is 0 Å². The molecule has 2 N–H and O–H groups in total. The lowest BCUT2D eigenvalue weighted by Gasteiger charge is -2.11. The number of aromatic hydroxyl groups is 1. The first-order valence-electron chi connectivity index (χ1n) is 8.30. The van der Waals surface area contributed by atoms with Gasteiger partial charge in [-0.15, -0.1) is 0 Å². The van der Waals surface area contributed by atoms with Gasteiger partial charge in [0.25, 0.3) is 5.91 Å². The zero-order valence-electron chi connectivity index (χ0n) is 14.9. The number of anilines is 1. The second kappa shape index (κ2) is 9.68. The number of rotatable bonds is 8. The summed E-state index contributed by atoms with van der Waals surface area (Å²) in [7, 11) is 0. The molecule has 27 heavy (non-hydrogen) atoms. The smallest absolute Gasteiger partial charge is 0.266 e. The topological polar surface area (TPSA) is 91.6 Å². The first kappa shape index (κ1) is 19.6. The van der Waals surface area contributed by atoms with E-state index in [1.165, 1.54) is 18.2 Å². The molecular formula is C21H20N2O4. The quantitative estimate of drug-likeness (QED) is 0.321. The Morgan fingerprint density at radius 3 is 2.59 bits per heavy atom. The van der Waals surface area contributed by atoms with Crippen molar-refractivity contribution in [3.63, 3.8) is 0 Å². The van der Waals surface area contributed by atoms with Crippen LogP contribution >= 0.6 is 0 Å². The van der Waals surface area contributed by atoms with Gasteiger partial charge in [0.05, 0.1) is 6.61 Å². The maximum absolute atomic E-state index is 12.3. The SMILES string of the molecule is C=CCOc1ccc(C=C(C#N)C(=O)Nc2ccc(O)cc2)cc1OCC. The lowest BCUT2D eigenvalue weighted by Crippen LogP contribution is -2.13. The van der Waals surface area contributed by atoms with Gasteiger partial charge in [-0.3, -0.25) is 4.79 Å². The van der Waals surface area contributed by atoms with Gasteiger partial charge in [-0.05, 0) is 55.0 Å². The third kappa shape index (κ3) is 5.65. The number of nitrogens with one attached hydrogen (secondary N) is 1. The molecule has 0 saturated heterocycles. The van der Waals surface area contributed by atoms with Crippen LogP contribution in [0.25, 0.3) is 6.08 Å². The lowest BCUT2D eigenvalue weighted by molar-refractivity contribution is -0.112. The predicted octanol–water partition coefficient (Wildman–Crippen LogP) is 3.90. The number of amides is 1. The van der Waals surface area contributed by atoms with Crippen LogP contribution in [-0.2, 0) is 4.79 Å². The summed E-state index contributed by atoms with van der Waals surface area (Å²) in [6.45, 7) is 6.25. The second-order valence-electron chi connectivity index (χ2n) is 5.41. The maximum atomic E-state index is 12.3. The van der Waals surface area contributed by atoms with Crippen molar-refractivity contribution >= 4 is 17.7 Å². The summed E-state index contributed by atoms with van der Waals surface area (Å²) in [5.41, 5.74) is 1.04. The number of carbonyl (C=O) groups is 1. The van der Waals surface area contributed by atoms with Crippen molar-refractivity contribution in [1.82, 2.24) is 0 Å². The Hall–Kier alpha value is -3.72. The first-order valence-corrected chi connectivity index (χ1v) is 8.30. The zero-order valence-corrected chi connectivity index (χ0v) is 14.9. The Bertz CT molecular complexity index is 880. The van der Waals surface area contributed by atoms with Gasteiger partial charge < -0.3 is 19.9 Å². The molecule has 0 aromatic heterocycles. The van der Waals surface area contributed by atoms with Gasteiger partial charge in [-0.25, -0.2) is 0 Å². The van der Waals surface area contributed by atoms with Crippen molar-refractivity contribution in [3.05, 3.63) is 66.3 Å². The summed E-state index contributed by atoms with van der Waals surface area (Å²) >= 11 is 0. The standard InChI is InChI=1S/C21H20N2O4/c1-3-11-27-19-10-5-15(13-20(19)26-4-2)12-16(14-22)21(25)23-17-6-8-18(24)9-7-17/h3,5-10,12-13,24H,1,4,11H2,2H3,(H,23,25). The molecular weight excluding hydrogens is 344 g/mol. The van der Waals surface area contributed by atoms with Crippen LogP contribution < -0.4 is 14.8 Å². The number of carbonyl (C=O) groups excluding carboxylic acids is 1. The fourth-order valence-corrected chi connectivity index (χ4v) is 2.21. The molecule has 1 amide bonds. The molecule has 138 valence electrons. The van der Waals surface area contributed by atoms with Crippen LogP contribution in [0.4, 0.5) is 5.69 Å². The van der Waals surface area contributed by atoms with Gasteiger partial charge in [0.1, 0.15) is 24.0 Å². The molecule has 0 aliphatic carbocycles. The van der Waals surface area contributed by atoms with E-state index in [0.717, 1.165) is 0 Å². The summed E-state index contributed by atoms with van der Waals surface area (Å²) in [6.07, 6.45) is 3.10. The minimum atomic E-state index is -0.548. The summed E-state index contributed by atoms with van der Waals surface area (Å²) in [5.74, 6) is 0.615. The second-order valence-corrected chi connectivity index (χ2v) is 5.41. The van der Waals surface area contributed by atoms with Crippen LogP contribution in [0.5, 0.6) is 17.2 Å². The number of hydrogen-bond acceptors (Lipinski definition) is 5. The van der Waals surface area contributed by atoms with Gasteiger partial charge in [-0.1, -0.05) is 18.7 Å². The molecule has 0 saturated carbocycles. The molecule has 2 aromatic rings. The number of nitrogens with zero attached hydrogens (tertiary/aromatic N) is 1. The highest BCUT2D eigenvalue weighted by molar-refractivity contribution is 6.09. The Morgan fingerprint density at radius 1 is 1.22 bits per heavy atom. The van der Waals surface area contributed by atoms with Crippen LogP contribution in [-0.4, -0.2) is 24.2 Å². The molecule has 0 bridgehead atoms. The summed E-state index contributed by atoms with van der Waals surface area (Å²) in [6, 6.07) is 13.0. The van der Waals surface area contributed by atoms with E-state index in [1.807, 2.05) is 13.0 Å². The number of benzene rings is 2. The van der Waals surface area contributed by atoms with E-state index in [1.54, 1.807) is 36.4 Å². The van der Waals surface area contributed by atoms with Crippen molar-refractivity contribution in [2.75, 3.05) is 18.5 Å². The van der Waals surface area contributed by atoms with Crippen LogP contribution in [0.2, 0.25) is 0 Å². The Labute approximate surface area is 158 Å². The minimum Gasteiger partial charge on any atom is -0.508 e. The number of ether oxygens (including phenoxy) is 2. The van der Waals surface area contributed by atoms with E-state index in [4.69, 9.17) is 9.47 Å². The predicted molar refractivity (Wildman–Crippen MR) is 104 cm³/mol. The van der Waals surface area contributed by atoms with Crippen molar-refractivity contribution in [3.8, 4) is 23.3 Å². The van der Waals surface area contributed by atoms with Crippen molar-refractivity contribution in [1.29, 1.82) is 5.26 Å². The van der Waals surface area contributed by atoms with Gasteiger partial charge in [0.15, 0.2) is 11.5 Å². The molecule has 0 heterocycles. The number of phenolic OH excluding ortho intramolecular Hbond substituents is 1. The molecule has 6 heteroatoms. The lowest BCUT2D eigenvalue weighted by atomic mass is 10.1. The Kier molecular flexibility index (Phi) is 7.03. The summed E-state index contributed by atoms with van der Waals surface area (Å²) in [4.78, 5) is 12.3. The third-order valence-corrected chi connectivity index (χ3v) is 3.43. The number of hydrogen-bond donors (Lipinski definition) is 2. The fourth-order valence-electron chi connectivity index (χ4n) is 2.21. The van der Waals surface area contributed by atoms with Crippen molar-refractivity contribution < 1.29 is 19.4 Å². The molecule has 0 aliphatic rings.